The van der Waals surface area contributed by atoms with Gasteiger partial charge in [0.25, 0.3) is 0 Å². The molecule has 74 valence electrons. The number of hydrogen-bond donors (Lipinski definition) is 1. The van der Waals surface area contributed by atoms with Gasteiger partial charge in [-0.05, 0) is 11.6 Å². The molecular formula is C9H9FN2O2. The molecule has 0 aliphatic rings. The van der Waals surface area contributed by atoms with Gasteiger partial charge >= 0.3 is 5.69 Å². The number of nitro benzene ring substituents is 1. The molecule has 0 fully saturated rings. The molecule has 0 aromatic heterocycles. The Morgan fingerprint density at radius 2 is 2.29 bits per heavy atom. The Hall–Kier alpha value is -1.75. The zero-order valence-electron chi connectivity index (χ0n) is 7.31. The summed E-state index contributed by atoms with van der Waals surface area (Å²) < 4.78 is 12.9. The molecule has 0 aliphatic carbocycles. The van der Waals surface area contributed by atoms with E-state index in [1.807, 2.05) is 0 Å². The zero-order chi connectivity index (χ0) is 10.7. The van der Waals surface area contributed by atoms with Crippen LogP contribution in [0, 0.1) is 15.9 Å². The van der Waals surface area contributed by atoms with Crippen molar-refractivity contribution in [3.63, 3.8) is 0 Å². The molecule has 2 N–H and O–H groups in total. The maximum Gasteiger partial charge on any atom is 0.305 e. The maximum atomic E-state index is 12.9. The summed E-state index contributed by atoms with van der Waals surface area (Å²) in [6, 6.07) is 3.02. The van der Waals surface area contributed by atoms with Gasteiger partial charge in [0.05, 0.1) is 4.92 Å². The van der Waals surface area contributed by atoms with Gasteiger partial charge in [-0.25, -0.2) is 0 Å². The smallest absolute Gasteiger partial charge is 0.305 e. The van der Waals surface area contributed by atoms with E-state index >= 15 is 0 Å². The highest BCUT2D eigenvalue weighted by Crippen LogP contribution is 2.21. The fraction of sp³-hybridized carbons (Fsp3) is 0.111. The summed E-state index contributed by atoms with van der Waals surface area (Å²) in [6.07, 6.45) is 1.43. The average Bonchev–Trinajstić information content (AvgIpc) is 2.17. The Morgan fingerprint density at radius 3 is 2.79 bits per heavy atom. The number of nitrogens with two attached hydrogens (primary N) is 1. The SMILES string of the molecule is C=C[C@@H](N)c1ccc(F)c([N+](=O)[O-])c1. The normalized spacial score (nSPS) is 12.1. The fourth-order valence-corrected chi connectivity index (χ4v) is 1.01. The van der Waals surface area contributed by atoms with Gasteiger partial charge in [-0.3, -0.25) is 10.1 Å². The maximum absolute atomic E-state index is 12.9. The Labute approximate surface area is 80.0 Å². The van der Waals surface area contributed by atoms with E-state index in [1.54, 1.807) is 0 Å². The summed E-state index contributed by atoms with van der Waals surface area (Å²) in [5.74, 6) is -0.866. The second kappa shape index (κ2) is 3.97. The van der Waals surface area contributed by atoms with Crippen molar-refractivity contribution in [1.82, 2.24) is 0 Å². The quantitative estimate of drug-likeness (QED) is 0.456. The van der Waals surface area contributed by atoms with Crippen LogP contribution in [-0.2, 0) is 0 Å². The third-order valence-electron chi connectivity index (χ3n) is 1.81. The van der Waals surface area contributed by atoms with Crippen molar-refractivity contribution in [3.05, 3.63) is 52.3 Å². The first-order chi connectivity index (χ1) is 6.56. The molecule has 0 saturated carbocycles. The minimum absolute atomic E-state index is 0.466. The summed E-state index contributed by atoms with van der Waals surface area (Å²) in [5.41, 5.74) is 5.45. The van der Waals surface area contributed by atoms with Crippen LogP contribution in [0.5, 0.6) is 0 Å². The molecule has 0 spiro atoms. The Morgan fingerprint density at radius 1 is 1.64 bits per heavy atom. The Kier molecular flexibility index (Phi) is 2.93. The van der Waals surface area contributed by atoms with Gasteiger partial charge in [-0.2, -0.15) is 4.39 Å². The topological polar surface area (TPSA) is 69.2 Å². The van der Waals surface area contributed by atoms with Gasteiger partial charge in [0.15, 0.2) is 0 Å². The Balaban J connectivity index is 3.19. The molecule has 0 radical (unpaired) electrons. The van der Waals surface area contributed by atoms with E-state index in [-0.39, 0.29) is 0 Å². The summed E-state index contributed by atoms with van der Waals surface area (Å²) in [4.78, 5) is 9.60. The summed E-state index contributed by atoms with van der Waals surface area (Å²) in [7, 11) is 0. The molecule has 1 atom stereocenters. The first kappa shape index (κ1) is 10.3. The molecule has 1 rings (SSSR count). The lowest BCUT2D eigenvalue weighted by Gasteiger charge is -2.05. The highest BCUT2D eigenvalue weighted by atomic mass is 19.1. The van der Waals surface area contributed by atoms with Gasteiger partial charge in [0, 0.05) is 12.1 Å². The molecule has 0 heterocycles. The van der Waals surface area contributed by atoms with E-state index in [2.05, 4.69) is 6.58 Å². The summed E-state index contributed by atoms with van der Waals surface area (Å²) in [6.45, 7) is 3.45. The molecule has 1 aromatic rings. The number of rotatable bonds is 3. The molecule has 0 unspecified atom stereocenters. The largest absolute Gasteiger partial charge is 0.321 e. The molecule has 0 saturated heterocycles. The number of hydrogen-bond acceptors (Lipinski definition) is 3. The number of halogens is 1. The zero-order valence-corrected chi connectivity index (χ0v) is 7.31. The lowest BCUT2D eigenvalue weighted by atomic mass is 10.1. The second-order valence-electron chi connectivity index (χ2n) is 2.73. The van der Waals surface area contributed by atoms with Crippen LogP contribution in [-0.4, -0.2) is 4.92 Å². The van der Waals surface area contributed by atoms with Crippen molar-refractivity contribution in [3.8, 4) is 0 Å². The van der Waals surface area contributed by atoms with Crippen LogP contribution in [0.2, 0.25) is 0 Å². The molecular weight excluding hydrogens is 187 g/mol. The molecule has 14 heavy (non-hydrogen) atoms. The van der Waals surface area contributed by atoms with Gasteiger partial charge in [0.2, 0.25) is 5.82 Å². The summed E-state index contributed by atoms with van der Waals surface area (Å²) in [5, 5.41) is 10.4. The highest BCUT2D eigenvalue weighted by Gasteiger charge is 2.15. The monoisotopic (exact) mass is 196 g/mol. The van der Waals surface area contributed by atoms with Crippen LogP contribution >= 0.6 is 0 Å². The second-order valence-corrected chi connectivity index (χ2v) is 2.73. The first-order valence-electron chi connectivity index (χ1n) is 3.88. The van der Waals surface area contributed by atoms with Crippen molar-refractivity contribution < 1.29 is 9.31 Å². The minimum Gasteiger partial charge on any atom is -0.321 e. The third-order valence-corrected chi connectivity index (χ3v) is 1.81. The van der Waals surface area contributed by atoms with E-state index in [1.165, 1.54) is 12.1 Å². The molecule has 0 aliphatic heterocycles. The predicted octanol–water partition coefficient (Wildman–Crippen LogP) is 1.92. The highest BCUT2D eigenvalue weighted by molar-refractivity contribution is 5.38. The van der Waals surface area contributed by atoms with Crippen LogP contribution in [0.15, 0.2) is 30.9 Å². The molecule has 5 heteroatoms. The van der Waals surface area contributed by atoms with E-state index in [0.29, 0.717) is 5.56 Å². The Bertz CT molecular complexity index is 379. The lowest BCUT2D eigenvalue weighted by Crippen LogP contribution is -2.07. The predicted molar refractivity (Wildman–Crippen MR) is 50.2 cm³/mol. The van der Waals surface area contributed by atoms with Crippen LogP contribution in [0.3, 0.4) is 0 Å². The van der Waals surface area contributed by atoms with E-state index in [9.17, 15) is 14.5 Å². The number of benzene rings is 1. The summed E-state index contributed by atoms with van der Waals surface area (Å²) >= 11 is 0. The van der Waals surface area contributed by atoms with Crippen molar-refractivity contribution in [2.24, 2.45) is 5.73 Å². The van der Waals surface area contributed by atoms with Crippen LogP contribution in [0.1, 0.15) is 11.6 Å². The minimum atomic E-state index is -0.866. The van der Waals surface area contributed by atoms with Gasteiger partial charge in [0.1, 0.15) is 0 Å². The first-order valence-corrected chi connectivity index (χ1v) is 3.88. The van der Waals surface area contributed by atoms with E-state index in [4.69, 9.17) is 5.73 Å². The van der Waals surface area contributed by atoms with Crippen molar-refractivity contribution >= 4 is 5.69 Å². The average molecular weight is 196 g/mol. The molecule has 0 bridgehead atoms. The van der Waals surface area contributed by atoms with Gasteiger partial charge < -0.3 is 5.73 Å². The van der Waals surface area contributed by atoms with Crippen molar-refractivity contribution in [2.45, 2.75) is 6.04 Å². The third kappa shape index (κ3) is 1.94. The lowest BCUT2D eigenvalue weighted by molar-refractivity contribution is -0.387. The molecule has 4 nitrogen and oxygen atoms in total. The van der Waals surface area contributed by atoms with Crippen LogP contribution < -0.4 is 5.73 Å². The van der Waals surface area contributed by atoms with Gasteiger partial charge in [-0.1, -0.05) is 12.1 Å². The molecule has 1 aromatic carbocycles. The van der Waals surface area contributed by atoms with E-state index < -0.39 is 22.5 Å². The number of nitro groups is 1. The van der Waals surface area contributed by atoms with E-state index in [0.717, 1.165) is 12.1 Å². The van der Waals surface area contributed by atoms with Crippen LogP contribution in [0.25, 0.3) is 0 Å². The van der Waals surface area contributed by atoms with Gasteiger partial charge in [-0.15, -0.1) is 6.58 Å². The van der Waals surface area contributed by atoms with Crippen molar-refractivity contribution in [1.29, 1.82) is 0 Å². The number of nitrogens with zero attached hydrogens (tertiary/aromatic N) is 1. The van der Waals surface area contributed by atoms with Crippen LogP contribution in [0.4, 0.5) is 10.1 Å². The fourth-order valence-electron chi connectivity index (χ4n) is 1.01. The molecule has 0 amide bonds. The standard InChI is InChI=1S/C9H9FN2O2/c1-2-8(11)6-3-4-7(10)9(5-6)12(13)14/h2-5,8H,1,11H2/t8-/m1/s1. The van der Waals surface area contributed by atoms with Crippen molar-refractivity contribution in [2.75, 3.05) is 0 Å².